The lowest BCUT2D eigenvalue weighted by atomic mass is 10.2. The Balaban J connectivity index is 1.86. The third-order valence-corrected chi connectivity index (χ3v) is 3.60. The monoisotopic (exact) mass is 348 g/mol. The first-order valence-electron chi connectivity index (χ1n) is 6.86. The summed E-state index contributed by atoms with van der Waals surface area (Å²) in [5.74, 6) is -2.30. The molecule has 5 nitrogen and oxygen atoms in total. The Kier molecular flexibility index (Phi) is 4.26. The number of aromatic nitrogens is 3. The van der Waals surface area contributed by atoms with Crippen LogP contribution >= 0.6 is 11.6 Å². The molecule has 0 aliphatic heterocycles. The lowest BCUT2D eigenvalue weighted by Crippen LogP contribution is -2.28. The summed E-state index contributed by atoms with van der Waals surface area (Å²) in [6.07, 6.45) is 1.37. The summed E-state index contributed by atoms with van der Waals surface area (Å²) in [7, 11) is 1.36. The van der Waals surface area contributed by atoms with Gasteiger partial charge >= 0.3 is 0 Å². The van der Waals surface area contributed by atoms with Gasteiger partial charge in [-0.3, -0.25) is 4.79 Å². The zero-order valence-electron chi connectivity index (χ0n) is 12.4. The average Bonchev–Trinajstić information content (AvgIpc) is 3.04. The van der Waals surface area contributed by atoms with Crippen molar-refractivity contribution in [3.8, 4) is 5.69 Å². The van der Waals surface area contributed by atoms with Crippen LogP contribution in [0.5, 0.6) is 0 Å². The first kappa shape index (κ1) is 16.1. The second-order valence-electron chi connectivity index (χ2n) is 4.95. The van der Waals surface area contributed by atoms with Crippen molar-refractivity contribution < 1.29 is 13.6 Å². The minimum atomic E-state index is -0.844. The molecular weight excluding hydrogens is 338 g/mol. The summed E-state index contributed by atoms with van der Waals surface area (Å²) in [4.78, 5) is 17.4. The van der Waals surface area contributed by atoms with Crippen molar-refractivity contribution in [3.05, 3.63) is 71.3 Å². The van der Waals surface area contributed by atoms with Gasteiger partial charge in [0.1, 0.15) is 18.0 Å². The first-order valence-corrected chi connectivity index (χ1v) is 7.24. The van der Waals surface area contributed by atoms with Crippen molar-refractivity contribution in [3.63, 3.8) is 0 Å². The smallest absolute Gasteiger partial charge is 0.297 e. The molecule has 0 saturated heterocycles. The van der Waals surface area contributed by atoms with Crippen molar-refractivity contribution in [2.75, 3.05) is 11.9 Å². The van der Waals surface area contributed by atoms with E-state index in [4.69, 9.17) is 11.6 Å². The minimum absolute atomic E-state index is 0.0655. The predicted octanol–water partition coefficient (Wildman–Crippen LogP) is 3.48. The predicted molar refractivity (Wildman–Crippen MR) is 85.5 cm³/mol. The van der Waals surface area contributed by atoms with Crippen LogP contribution in [0.25, 0.3) is 5.69 Å². The highest BCUT2D eigenvalue weighted by Gasteiger charge is 2.21. The molecule has 1 heterocycles. The Morgan fingerprint density at radius 2 is 1.88 bits per heavy atom. The number of carbonyl (C=O) groups excluding carboxylic acids is 1. The van der Waals surface area contributed by atoms with Crippen molar-refractivity contribution >= 4 is 23.2 Å². The Bertz CT molecular complexity index is 895. The molecule has 0 fully saturated rings. The summed E-state index contributed by atoms with van der Waals surface area (Å²) in [6.45, 7) is 0. The van der Waals surface area contributed by atoms with Crippen molar-refractivity contribution in [1.29, 1.82) is 0 Å². The van der Waals surface area contributed by atoms with Gasteiger partial charge in [0, 0.05) is 18.1 Å². The lowest BCUT2D eigenvalue weighted by molar-refractivity contribution is 0.0982. The fourth-order valence-corrected chi connectivity index (χ4v) is 2.22. The molecule has 0 aliphatic carbocycles. The maximum absolute atomic E-state index is 13.8. The van der Waals surface area contributed by atoms with E-state index < -0.39 is 17.5 Å². The number of hydrogen-bond donors (Lipinski definition) is 0. The van der Waals surface area contributed by atoms with Gasteiger partial charge in [0.2, 0.25) is 5.82 Å². The fourth-order valence-electron chi connectivity index (χ4n) is 2.09. The van der Waals surface area contributed by atoms with Gasteiger partial charge in [-0.1, -0.05) is 11.6 Å². The molecule has 0 N–H and O–H groups in total. The highest BCUT2D eigenvalue weighted by molar-refractivity contribution is 6.30. The van der Waals surface area contributed by atoms with Crippen LogP contribution in [0.4, 0.5) is 14.5 Å². The number of benzene rings is 2. The third kappa shape index (κ3) is 3.11. The van der Waals surface area contributed by atoms with Crippen molar-refractivity contribution in [2.45, 2.75) is 0 Å². The Morgan fingerprint density at radius 1 is 1.17 bits per heavy atom. The van der Waals surface area contributed by atoms with E-state index in [9.17, 15) is 13.6 Å². The van der Waals surface area contributed by atoms with Gasteiger partial charge in [-0.25, -0.2) is 18.4 Å². The molecule has 0 radical (unpaired) electrons. The third-order valence-electron chi connectivity index (χ3n) is 3.35. The summed E-state index contributed by atoms with van der Waals surface area (Å²) >= 11 is 5.82. The van der Waals surface area contributed by atoms with Gasteiger partial charge in [-0.2, -0.15) is 0 Å². The highest BCUT2D eigenvalue weighted by Crippen LogP contribution is 2.20. The Morgan fingerprint density at radius 3 is 2.54 bits per heavy atom. The molecule has 1 amide bonds. The molecule has 0 saturated carbocycles. The van der Waals surface area contributed by atoms with Crippen LogP contribution < -0.4 is 4.90 Å². The van der Waals surface area contributed by atoms with E-state index in [1.807, 2.05) is 0 Å². The molecule has 3 aromatic rings. The Hall–Kier alpha value is -2.80. The van der Waals surface area contributed by atoms with Crippen LogP contribution in [0.1, 0.15) is 10.6 Å². The van der Waals surface area contributed by atoms with E-state index in [0.29, 0.717) is 16.8 Å². The first-order chi connectivity index (χ1) is 11.5. The van der Waals surface area contributed by atoms with Crippen LogP contribution in [-0.4, -0.2) is 27.7 Å². The molecule has 0 unspecified atom stereocenters. The summed E-state index contributed by atoms with van der Waals surface area (Å²) in [5, 5.41) is 4.65. The molecule has 122 valence electrons. The number of hydrogen-bond acceptors (Lipinski definition) is 3. The molecule has 24 heavy (non-hydrogen) atoms. The normalized spacial score (nSPS) is 10.7. The molecule has 0 aliphatic rings. The maximum Gasteiger partial charge on any atom is 0.297 e. The van der Waals surface area contributed by atoms with Gasteiger partial charge in [0.25, 0.3) is 5.91 Å². The number of rotatable bonds is 3. The van der Waals surface area contributed by atoms with Crippen LogP contribution in [0, 0.1) is 11.6 Å². The van der Waals surface area contributed by atoms with E-state index in [1.54, 1.807) is 24.3 Å². The van der Waals surface area contributed by atoms with Crippen LogP contribution in [0.15, 0.2) is 48.8 Å². The number of anilines is 1. The average molecular weight is 349 g/mol. The fraction of sp³-hybridized carbons (Fsp3) is 0.0625. The highest BCUT2D eigenvalue weighted by atomic mass is 35.5. The Labute approximate surface area is 141 Å². The quantitative estimate of drug-likeness (QED) is 0.728. The topological polar surface area (TPSA) is 51.0 Å². The van der Waals surface area contributed by atoms with Gasteiger partial charge < -0.3 is 4.90 Å². The van der Waals surface area contributed by atoms with Crippen molar-refractivity contribution in [1.82, 2.24) is 14.8 Å². The SMILES string of the molecule is CN(C(=O)c1ncn(-c2ccc(Cl)cc2)n1)c1ccc(F)cc1F. The zero-order valence-corrected chi connectivity index (χ0v) is 13.2. The molecule has 3 rings (SSSR count). The molecule has 0 spiro atoms. The largest absolute Gasteiger partial charge is 0.306 e. The van der Waals surface area contributed by atoms with Crippen LogP contribution in [0.3, 0.4) is 0 Å². The zero-order chi connectivity index (χ0) is 17.3. The molecule has 1 aromatic heterocycles. The van der Waals surface area contributed by atoms with Gasteiger partial charge in [-0.15, -0.1) is 5.10 Å². The summed E-state index contributed by atoms with van der Waals surface area (Å²) in [5.41, 5.74) is 0.603. The van der Waals surface area contributed by atoms with Crippen molar-refractivity contribution in [2.24, 2.45) is 0 Å². The number of amides is 1. The van der Waals surface area contributed by atoms with E-state index in [2.05, 4.69) is 10.1 Å². The molecule has 2 aromatic carbocycles. The van der Waals surface area contributed by atoms with E-state index in [1.165, 1.54) is 24.1 Å². The van der Waals surface area contributed by atoms with Gasteiger partial charge in [-0.05, 0) is 36.4 Å². The maximum atomic E-state index is 13.8. The minimum Gasteiger partial charge on any atom is -0.306 e. The van der Waals surface area contributed by atoms with Gasteiger partial charge in [0.15, 0.2) is 0 Å². The van der Waals surface area contributed by atoms with Gasteiger partial charge in [0.05, 0.1) is 11.4 Å². The summed E-state index contributed by atoms with van der Waals surface area (Å²) in [6, 6.07) is 9.75. The summed E-state index contributed by atoms with van der Waals surface area (Å²) < 4.78 is 28.2. The second-order valence-corrected chi connectivity index (χ2v) is 5.39. The van der Waals surface area contributed by atoms with Crippen LogP contribution in [-0.2, 0) is 0 Å². The second kappa shape index (κ2) is 6.37. The van der Waals surface area contributed by atoms with Crippen LogP contribution in [0.2, 0.25) is 5.02 Å². The molecule has 0 atom stereocenters. The lowest BCUT2D eigenvalue weighted by Gasteiger charge is -2.16. The van der Waals surface area contributed by atoms with E-state index in [0.717, 1.165) is 11.0 Å². The van der Waals surface area contributed by atoms with E-state index >= 15 is 0 Å². The van der Waals surface area contributed by atoms with E-state index in [-0.39, 0.29) is 11.5 Å². The molecule has 0 bridgehead atoms. The standard InChI is InChI=1S/C16H11ClF2N4O/c1-22(14-7-4-11(18)8-13(14)19)16(24)15-20-9-23(21-15)12-5-2-10(17)3-6-12/h2-9H,1H3. The number of carbonyl (C=O) groups is 1. The number of nitrogens with zero attached hydrogens (tertiary/aromatic N) is 4. The number of halogens is 3. The molecule has 8 heteroatoms. The molecular formula is C16H11ClF2N4O.